The number of thioether (sulfide) groups is 1. The van der Waals surface area contributed by atoms with Crippen molar-refractivity contribution >= 4 is 39.7 Å². The first-order chi connectivity index (χ1) is 9.63. The van der Waals surface area contributed by atoms with Gasteiger partial charge in [0.25, 0.3) is 5.69 Å². The molecule has 6 nitrogen and oxygen atoms in total. The number of H-pyrrole nitrogens is 1. The van der Waals surface area contributed by atoms with Gasteiger partial charge >= 0.3 is 0 Å². The van der Waals surface area contributed by atoms with Crippen molar-refractivity contribution in [2.24, 2.45) is 0 Å². The second-order valence-corrected chi connectivity index (χ2v) is 6.58. The molecular weight excluding hydrogens is 296 g/mol. The first-order valence-corrected chi connectivity index (χ1v) is 7.61. The van der Waals surface area contributed by atoms with Crippen molar-refractivity contribution < 1.29 is 4.92 Å². The highest BCUT2D eigenvalue weighted by atomic mass is 32.2. The van der Waals surface area contributed by atoms with Crippen LogP contribution in [0.1, 0.15) is 10.6 Å². The van der Waals surface area contributed by atoms with Gasteiger partial charge in [0.1, 0.15) is 5.01 Å². The predicted octanol–water partition coefficient (Wildman–Crippen LogP) is 3.53. The summed E-state index contributed by atoms with van der Waals surface area (Å²) in [5.41, 5.74) is 1.98. The molecule has 3 rings (SSSR count). The summed E-state index contributed by atoms with van der Waals surface area (Å²) < 4.78 is 0.929. The lowest BCUT2D eigenvalue weighted by Crippen LogP contribution is -1.87. The molecule has 1 N–H and O–H groups in total. The topological polar surface area (TPSA) is 84.7 Å². The van der Waals surface area contributed by atoms with E-state index in [4.69, 9.17) is 0 Å². The Morgan fingerprint density at radius 3 is 3.00 bits per heavy atom. The van der Waals surface area contributed by atoms with Gasteiger partial charge in [-0.15, -0.1) is 10.2 Å². The normalized spacial score (nSPS) is 11.1. The SMILES string of the molecule is Cc1nnc(SCc2c[nH]c3cc([N+](=O)[O-])ccc23)s1. The van der Waals surface area contributed by atoms with Crippen LogP contribution in [0.2, 0.25) is 0 Å². The van der Waals surface area contributed by atoms with E-state index in [1.807, 2.05) is 13.1 Å². The van der Waals surface area contributed by atoms with Crippen LogP contribution in [-0.2, 0) is 5.75 Å². The summed E-state index contributed by atoms with van der Waals surface area (Å²) in [6.07, 6.45) is 1.88. The van der Waals surface area contributed by atoms with Gasteiger partial charge in [-0.3, -0.25) is 10.1 Å². The number of nitrogens with zero attached hydrogens (tertiary/aromatic N) is 3. The Balaban J connectivity index is 1.83. The van der Waals surface area contributed by atoms with Crippen molar-refractivity contribution in [1.29, 1.82) is 0 Å². The highest BCUT2D eigenvalue weighted by Crippen LogP contribution is 2.30. The smallest absolute Gasteiger partial charge is 0.271 e. The molecule has 2 heterocycles. The summed E-state index contributed by atoms with van der Waals surface area (Å²) in [6.45, 7) is 1.92. The van der Waals surface area contributed by atoms with Gasteiger partial charge in [0.15, 0.2) is 4.34 Å². The fourth-order valence-corrected chi connectivity index (χ4v) is 3.69. The van der Waals surface area contributed by atoms with Gasteiger partial charge in [-0.25, -0.2) is 0 Å². The maximum absolute atomic E-state index is 10.7. The van der Waals surface area contributed by atoms with Crippen LogP contribution in [0.4, 0.5) is 5.69 Å². The predicted molar refractivity (Wildman–Crippen MR) is 79.2 cm³/mol. The van der Waals surface area contributed by atoms with E-state index >= 15 is 0 Å². The Bertz CT molecular complexity index is 781. The van der Waals surface area contributed by atoms with Gasteiger partial charge in [0.05, 0.1) is 10.4 Å². The molecule has 0 aliphatic heterocycles. The molecule has 0 unspecified atom stereocenters. The number of aromatic nitrogens is 3. The molecule has 2 aromatic heterocycles. The molecule has 102 valence electrons. The minimum atomic E-state index is -0.390. The average Bonchev–Trinajstić information content (AvgIpc) is 3.02. The highest BCUT2D eigenvalue weighted by Gasteiger charge is 2.11. The summed E-state index contributed by atoms with van der Waals surface area (Å²) >= 11 is 3.18. The summed E-state index contributed by atoms with van der Waals surface area (Å²) in [5.74, 6) is 0.756. The maximum atomic E-state index is 10.7. The molecule has 0 aliphatic carbocycles. The number of nitro groups is 1. The molecule has 1 aromatic carbocycles. The Morgan fingerprint density at radius 1 is 1.45 bits per heavy atom. The third-order valence-corrected chi connectivity index (χ3v) is 4.84. The highest BCUT2D eigenvalue weighted by molar-refractivity contribution is 8.00. The Labute approximate surface area is 122 Å². The molecule has 8 heteroatoms. The number of rotatable bonds is 4. The summed E-state index contributed by atoms with van der Waals surface area (Å²) in [6, 6.07) is 4.86. The van der Waals surface area contributed by atoms with Crippen LogP contribution in [0.25, 0.3) is 10.9 Å². The quantitative estimate of drug-likeness (QED) is 0.453. The molecular formula is C12H10N4O2S2. The molecule has 0 atom stereocenters. The number of aryl methyl sites for hydroxylation is 1. The molecule has 20 heavy (non-hydrogen) atoms. The standard InChI is InChI=1S/C12H10N4O2S2/c1-7-14-15-12(20-7)19-6-8-5-13-11-4-9(16(17)18)2-3-10(8)11/h2-5,13H,6H2,1H3. The van der Waals surface area contributed by atoms with Crippen molar-refractivity contribution in [3.05, 3.63) is 45.1 Å². The van der Waals surface area contributed by atoms with Crippen molar-refractivity contribution in [1.82, 2.24) is 15.2 Å². The molecule has 0 spiro atoms. The third-order valence-electron chi connectivity index (χ3n) is 2.82. The van der Waals surface area contributed by atoms with E-state index in [0.717, 1.165) is 31.6 Å². The third kappa shape index (κ3) is 2.52. The number of nitrogens with one attached hydrogen (secondary N) is 1. The lowest BCUT2D eigenvalue weighted by Gasteiger charge is -1.97. The van der Waals surface area contributed by atoms with E-state index in [2.05, 4.69) is 15.2 Å². The summed E-state index contributed by atoms with van der Waals surface area (Å²) in [4.78, 5) is 13.4. The summed E-state index contributed by atoms with van der Waals surface area (Å²) in [7, 11) is 0. The van der Waals surface area contributed by atoms with Crippen LogP contribution >= 0.6 is 23.1 Å². The number of hydrogen-bond acceptors (Lipinski definition) is 6. The number of aromatic amines is 1. The second kappa shape index (κ2) is 5.22. The van der Waals surface area contributed by atoms with Crippen molar-refractivity contribution in [3.8, 4) is 0 Å². The number of non-ortho nitro benzene ring substituents is 1. The van der Waals surface area contributed by atoms with E-state index in [-0.39, 0.29) is 5.69 Å². The van der Waals surface area contributed by atoms with Crippen molar-refractivity contribution in [2.75, 3.05) is 0 Å². The van der Waals surface area contributed by atoms with Crippen molar-refractivity contribution in [2.45, 2.75) is 17.0 Å². The Kier molecular flexibility index (Phi) is 3.41. The van der Waals surface area contributed by atoms with Gasteiger partial charge < -0.3 is 4.98 Å². The van der Waals surface area contributed by atoms with E-state index < -0.39 is 4.92 Å². The molecule has 0 bridgehead atoms. The number of hydrogen-bond donors (Lipinski definition) is 1. The van der Waals surface area contributed by atoms with Crippen LogP contribution in [0.15, 0.2) is 28.7 Å². The fraction of sp³-hybridized carbons (Fsp3) is 0.167. The van der Waals surface area contributed by atoms with E-state index in [9.17, 15) is 10.1 Å². The van der Waals surface area contributed by atoms with Crippen LogP contribution in [0, 0.1) is 17.0 Å². The first-order valence-electron chi connectivity index (χ1n) is 5.81. The van der Waals surface area contributed by atoms with Gasteiger partial charge in [-0.05, 0) is 18.6 Å². The zero-order valence-electron chi connectivity index (χ0n) is 10.5. The first kappa shape index (κ1) is 13.1. The van der Waals surface area contributed by atoms with Gasteiger partial charge in [0, 0.05) is 29.5 Å². The Hall–Kier alpha value is -1.93. The maximum Gasteiger partial charge on any atom is 0.271 e. The van der Waals surface area contributed by atoms with Crippen LogP contribution < -0.4 is 0 Å². The van der Waals surface area contributed by atoms with Crippen molar-refractivity contribution in [3.63, 3.8) is 0 Å². The van der Waals surface area contributed by atoms with Gasteiger partial charge in [-0.2, -0.15) is 0 Å². The minimum absolute atomic E-state index is 0.0956. The molecule has 0 saturated heterocycles. The lowest BCUT2D eigenvalue weighted by molar-refractivity contribution is -0.384. The van der Waals surface area contributed by atoms with E-state index in [1.165, 1.54) is 6.07 Å². The van der Waals surface area contributed by atoms with Gasteiger partial charge in [-0.1, -0.05) is 23.1 Å². The second-order valence-electron chi connectivity index (χ2n) is 4.18. The average molecular weight is 306 g/mol. The molecule has 0 fully saturated rings. The molecule has 0 radical (unpaired) electrons. The summed E-state index contributed by atoms with van der Waals surface area (Å²) in [5, 5.41) is 20.7. The van der Waals surface area contributed by atoms with Crippen LogP contribution in [-0.4, -0.2) is 20.1 Å². The monoisotopic (exact) mass is 306 g/mol. The van der Waals surface area contributed by atoms with E-state index in [1.54, 1.807) is 35.2 Å². The largest absolute Gasteiger partial charge is 0.361 e. The zero-order valence-corrected chi connectivity index (χ0v) is 12.1. The number of nitro benzene ring substituents is 1. The lowest BCUT2D eigenvalue weighted by atomic mass is 10.2. The molecule has 3 aromatic rings. The van der Waals surface area contributed by atoms with Gasteiger partial charge in [0.2, 0.25) is 0 Å². The fourth-order valence-electron chi connectivity index (χ4n) is 1.88. The number of fused-ring (bicyclic) bond motifs is 1. The zero-order chi connectivity index (χ0) is 14.1. The Morgan fingerprint density at radius 2 is 2.30 bits per heavy atom. The van der Waals surface area contributed by atoms with Crippen LogP contribution in [0.5, 0.6) is 0 Å². The van der Waals surface area contributed by atoms with Crippen LogP contribution in [0.3, 0.4) is 0 Å². The minimum Gasteiger partial charge on any atom is -0.361 e. The number of benzene rings is 1. The molecule has 0 amide bonds. The molecule has 0 aliphatic rings. The van der Waals surface area contributed by atoms with E-state index in [0.29, 0.717) is 0 Å². The molecule has 0 saturated carbocycles.